The van der Waals surface area contributed by atoms with Crippen molar-refractivity contribution in [3.8, 4) is 0 Å². The Balaban J connectivity index is 1.63. The third kappa shape index (κ3) is 3.64. The SMILES string of the molecule is CC(C)N1CCCCC1Cc1nc(C2CCCNC2)no1. The molecule has 2 fully saturated rings. The lowest BCUT2D eigenvalue weighted by Crippen LogP contribution is -2.45. The Bertz CT molecular complexity index is 439. The molecule has 0 aliphatic carbocycles. The van der Waals surface area contributed by atoms with Crippen molar-refractivity contribution in [1.29, 1.82) is 0 Å². The first-order valence-corrected chi connectivity index (χ1v) is 8.53. The summed E-state index contributed by atoms with van der Waals surface area (Å²) in [5.74, 6) is 2.17. The summed E-state index contributed by atoms with van der Waals surface area (Å²) < 4.78 is 5.53. The van der Waals surface area contributed by atoms with E-state index in [0.717, 1.165) is 31.2 Å². The summed E-state index contributed by atoms with van der Waals surface area (Å²) in [5.41, 5.74) is 0. The average molecular weight is 292 g/mol. The fraction of sp³-hybridized carbons (Fsp3) is 0.875. The van der Waals surface area contributed by atoms with Crippen LogP contribution in [-0.2, 0) is 6.42 Å². The van der Waals surface area contributed by atoms with Gasteiger partial charge in [-0.25, -0.2) is 0 Å². The molecule has 118 valence electrons. The van der Waals surface area contributed by atoms with Crippen LogP contribution >= 0.6 is 0 Å². The molecular weight excluding hydrogens is 264 g/mol. The maximum absolute atomic E-state index is 5.53. The van der Waals surface area contributed by atoms with Crippen molar-refractivity contribution < 1.29 is 4.52 Å². The standard InChI is InChI=1S/C16H28N4O/c1-12(2)20-9-4-3-7-14(20)10-15-18-16(19-21-15)13-6-5-8-17-11-13/h12-14,17H,3-11H2,1-2H3. The molecule has 2 saturated heterocycles. The van der Waals surface area contributed by atoms with Gasteiger partial charge in [0, 0.05) is 31.0 Å². The summed E-state index contributed by atoms with van der Waals surface area (Å²) in [6, 6.07) is 1.16. The summed E-state index contributed by atoms with van der Waals surface area (Å²) in [6.45, 7) is 7.87. The molecule has 2 atom stereocenters. The lowest BCUT2D eigenvalue weighted by Gasteiger charge is -2.38. The molecule has 2 unspecified atom stereocenters. The lowest BCUT2D eigenvalue weighted by atomic mass is 9.97. The van der Waals surface area contributed by atoms with E-state index in [9.17, 15) is 0 Å². The van der Waals surface area contributed by atoms with Crippen molar-refractivity contribution >= 4 is 0 Å². The average Bonchev–Trinajstić information content (AvgIpc) is 2.97. The first-order chi connectivity index (χ1) is 10.2. The highest BCUT2D eigenvalue weighted by molar-refractivity contribution is 4.99. The minimum atomic E-state index is 0.434. The summed E-state index contributed by atoms with van der Waals surface area (Å²) >= 11 is 0. The van der Waals surface area contributed by atoms with Crippen LogP contribution in [0.25, 0.3) is 0 Å². The topological polar surface area (TPSA) is 54.2 Å². The van der Waals surface area contributed by atoms with Crippen LogP contribution in [0.2, 0.25) is 0 Å². The van der Waals surface area contributed by atoms with Gasteiger partial charge in [0.15, 0.2) is 5.82 Å². The molecule has 5 heteroatoms. The minimum Gasteiger partial charge on any atom is -0.339 e. The predicted molar refractivity (Wildman–Crippen MR) is 82.3 cm³/mol. The molecular formula is C16H28N4O. The molecule has 3 heterocycles. The Kier molecular flexibility index (Phi) is 4.91. The zero-order chi connectivity index (χ0) is 14.7. The molecule has 1 aromatic rings. The minimum absolute atomic E-state index is 0.434. The molecule has 0 saturated carbocycles. The van der Waals surface area contributed by atoms with Crippen molar-refractivity contribution in [2.24, 2.45) is 0 Å². The first-order valence-electron chi connectivity index (χ1n) is 8.53. The van der Waals surface area contributed by atoms with Gasteiger partial charge in [0.2, 0.25) is 5.89 Å². The van der Waals surface area contributed by atoms with Crippen LogP contribution in [0.1, 0.15) is 63.6 Å². The highest BCUT2D eigenvalue weighted by Gasteiger charge is 2.27. The molecule has 0 bridgehead atoms. The molecule has 0 radical (unpaired) electrons. The van der Waals surface area contributed by atoms with E-state index in [1.165, 1.54) is 38.6 Å². The zero-order valence-electron chi connectivity index (χ0n) is 13.3. The van der Waals surface area contributed by atoms with E-state index >= 15 is 0 Å². The van der Waals surface area contributed by atoms with Crippen LogP contribution in [0, 0.1) is 0 Å². The van der Waals surface area contributed by atoms with Gasteiger partial charge in [-0.1, -0.05) is 11.6 Å². The van der Waals surface area contributed by atoms with E-state index in [1.54, 1.807) is 0 Å². The predicted octanol–water partition coefficient (Wildman–Crippen LogP) is 2.34. The van der Waals surface area contributed by atoms with Gasteiger partial charge in [-0.2, -0.15) is 4.98 Å². The van der Waals surface area contributed by atoms with Crippen LogP contribution in [0.4, 0.5) is 0 Å². The number of likely N-dealkylation sites (tertiary alicyclic amines) is 1. The molecule has 5 nitrogen and oxygen atoms in total. The van der Waals surface area contributed by atoms with Gasteiger partial charge in [0.05, 0.1) is 0 Å². The van der Waals surface area contributed by atoms with Gasteiger partial charge in [-0.3, -0.25) is 4.90 Å². The second-order valence-electron chi connectivity index (χ2n) is 6.77. The van der Waals surface area contributed by atoms with E-state index < -0.39 is 0 Å². The van der Waals surface area contributed by atoms with Crippen LogP contribution < -0.4 is 5.32 Å². The Morgan fingerprint density at radius 2 is 2.19 bits per heavy atom. The molecule has 0 spiro atoms. The van der Waals surface area contributed by atoms with Gasteiger partial charge in [-0.15, -0.1) is 0 Å². The van der Waals surface area contributed by atoms with Gasteiger partial charge in [0.1, 0.15) is 0 Å². The van der Waals surface area contributed by atoms with E-state index in [1.807, 2.05) is 0 Å². The van der Waals surface area contributed by atoms with Crippen LogP contribution in [0.3, 0.4) is 0 Å². The third-order valence-corrected chi connectivity index (χ3v) is 4.89. The fourth-order valence-electron chi connectivity index (χ4n) is 3.71. The van der Waals surface area contributed by atoms with Gasteiger partial charge in [-0.05, 0) is 52.6 Å². The summed E-state index contributed by atoms with van der Waals surface area (Å²) in [7, 11) is 0. The summed E-state index contributed by atoms with van der Waals surface area (Å²) in [6.07, 6.45) is 7.18. The maximum atomic E-state index is 5.53. The Hall–Kier alpha value is -0.940. The van der Waals surface area contributed by atoms with E-state index in [0.29, 0.717) is 18.0 Å². The number of rotatable bonds is 4. The largest absolute Gasteiger partial charge is 0.339 e. The van der Waals surface area contributed by atoms with Crippen LogP contribution in [-0.4, -0.2) is 46.8 Å². The van der Waals surface area contributed by atoms with E-state index in [4.69, 9.17) is 4.52 Å². The van der Waals surface area contributed by atoms with Crippen LogP contribution in [0.15, 0.2) is 4.52 Å². The molecule has 1 N–H and O–H groups in total. The van der Waals surface area contributed by atoms with E-state index in [-0.39, 0.29) is 0 Å². The van der Waals surface area contributed by atoms with Crippen LogP contribution in [0.5, 0.6) is 0 Å². The van der Waals surface area contributed by atoms with Crippen molar-refractivity contribution in [3.63, 3.8) is 0 Å². The number of hydrogen-bond donors (Lipinski definition) is 1. The Morgan fingerprint density at radius 3 is 2.95 bits per heavy atom. The monoisotopic (exact) mass is 292 g/mol. The third-order valence-electron chi connectivity index (χ3n) is 4.89. The first kappa shape index (κ1) is 15.0. The maximum Gasteiger partial charge on any atom is 0.228 e. The summed E-state index contributed by atoms with van der Waals surface area (Å²) in [4.78, 5) is 7.27. The number of aromatic nitrogens is 2. The smallest absolute Gasteiger partial charge is 0.228 e. The number of nitrogens with zero attached hydrogens (tertiary/aromatic N) is 3. The van der Waals surface area contributed by atoms with Crippen molar-refractivity contribution in [2.45, 2.75) is 70.4 Å². The van der Waals surface area contributed by atoms with Gasteiger partial charge >= 0.3 is 0 Å². The van der Waals surface area contributed by atoms with E-state index in [2.05, 4.69) is 34.2 Å². The fourth-order valence-corrected chi connectivity index (χ4v) is 3.71. The number of nitrogens with one attached hydrogen (secondary N) is 1. The second-order valence-corrected chi connectivity index (χ2v) is 6.77. The molecule has 21 heavy (non-hydrogen) atoms. The molecule has 0 aromatic carbocycles. The van der Waals surface area contributed by atoms with Crippen molar-refractivity contribution in [1.82, 2.24) is 20.4 Å². The summed E-state index contributed by atoms with van der Waals surface area (Å²) in [5, 5.41) is 7.65. The zero-order valence-corrected chi connectivity index (χ0v) is 13.3. The Labute approximate surface area is 127 Å². The molecule has 2 aliphatic rings. The van der Waals surface area contributed by atoms with Crippen molar-refractivity contribution in [3.05, 3.63) is 11.7 Å². The van der Waals surface area contributed by atoms with Crippen molar-refractivity contribution in [2.75, 3.05) is 19.6 Å². The molecule has 3 rings (SSSR count). The van der Waals surface area contributed by atoms with Gasteiger partial charge in [0.25, 0.3) is 0 Å². The molecule has 2 aliphatic heterocycles. The quantitative estimate of drug-likeness (QED) is 0.923. The number of hydrogen-bond acceptors (Lipinski definition) is 5. The molecule has 1 aromatic heterocycles. The van der Waals surface area contributed by atoms with Gasteiger partial charge < -0.3 is 9.84 Å². The Morgan fingerprint density at radius 1 is 1.29 bits per heavy atom. The lowest BCUT2D eigenvalue weighted by molar-refractivity contribution is 0.105. The number of piperidine rings is 2. The highest BCUT2D eigenvalue weighted by atomic mass is 16.5. The highest BCUT2D eigenvalue weighted by Crippen LogP contribution is 2.24. The molecule has 0 amide bonds. The second kappa shape index (κ2) is 6.88. The normalized spacial score (nSPS) is 28.1.